The second-order valence-electron chi connectivity index (χ2n) is 5.63. The third kappa shape index (κ3) is 3.56. The zero-order valence-corrected chi connectivity index (χ0v) is 12.0. The number of amides is 1. The molecule has 4 N–H and O–H groups in total. The van der Waals surface area contributed by atoms with Gasteiger partial charge in [-0.25, -0.2) is 0 Å². The second-order valence-corrected chi connectivity index (χ2v) is 5.63. The Morgan fingerprint density at radius 1 is 1.52 bits per heavy atom. The first-order chi connectivity index (χ1) is 9.88. The maximum Gasteiger partial charge on any atom is 0.274 e. The van der Waals surface area contributed by atoms with Crippen molar-refractivity contribution >= 4 is 11.6 Å². The van der Waals surface area contributed by atoms with Crippen LogP contribution in [0.4, 0.5) is 5.69 Å². The summed E-state index contributed by atoms with van der Waals surface area (Å²) >= 11 is 0. The number of nitro benzene ring substituents is 1. The molecule has 1 fully saturated rings. The number of piperidine rings is 1. The Kier molecular flexibility index (Phi) is 4.54. The lowest BCUT2D eigenvalue weighted by Gasteiger charge is -2.34. The molecule has 2 atom stereocenters. The maximum atomic E-state index is 11.2. The third-order valence-corrected chi connectivity index (χ3v) is 4.02. The number of rotatable bonds is 4. The molecule has 0 radical (unpaired) electrons. The van der Waals surface area contributed by atoms with Gasteiger partial charge >= 0.3 is 0 Å². The van der Waals surface area contributed by atoms with E-state index in [1.807, 2.05) is 0 Å². The van der Waals surface area contributed by atoms with Crippen molar-refractivity contribution < 1.29 is 9.72 Å². The molecule has 2 rings (SSSR count). The van der Waals surface area contributed by atoms with Crippen LogP contribution in [0.25, 0.3) is 0 Å². The van der Waals surface area contributed by atoms with Crippen LogP contribution in [0.1, 0.15) is 29.3 Å². The normalized spacial score (nSPS) is 23.0. The fourth-order valence-electron chi connectivity index (χ4n) is 2.66. The Bertz CT molecular complexity index is 561. The molecule has 1 saturated heterocycles. The first-order valence-electron chi connectivity index (χ1n) is 6.93. The molecule has 2 unspecified atom stereocenters. The Labute approximate surface area is 123 Å². The van der Waals surface area contributed by atoms with Crippen LogP contribution in [0.15, 0.2) is 18.2 Å². The Morgan fingerprint density at radius 2 is 2.24 bits per heavy atom. The largest absolute Gasteiger partial charge is 0.366 e. The van der Waals surface area contributed by atoms with Gasteiger partial charge < -0.3 is 11.5 Å². The molecular formula is C14H20N4O3. The standard InChI is InChI=1S/C14H20N4O3/c1-9-7-17(5-4-12(9)15)8-11-3-2-10(14(16)19)6-13(11)18(20)21/h2-3,6,9,12H,4-5,7-8,15H2,1H3,(H2,16,19). The van der Waals surface area contributed by atoms with E-state index in [4.69, 9.17) is 11.5 Å². The summed E-state index contributed by atoms with van der Waals surface area (Å²) in [6.45, 7) is 4.20. The van der Waals surface area contributed by atoms with E-state index in [0.717, 1.165) is 19.5 Å². The molecule has 1 heterocycles. The lowest BCUT2D eigenvalue weighted by atomic mass is 9.94. The quantitative estimate of drug-likeness (QED) is 0.631. The highest BCUT2D eigenvalue weighted by Crippen LogP contribution is 2.24. The van der Waals surface area contributed by atoms with Crippen LogP contribution in [0, 0.1) is 16.0 Å². The number of hydrogen-bond acceptors (Lipinski definition) is 5. The van der Waals surface area contributed by atoms with Crippen LogP contribution in [-0.2, 0) is 6.54 Å². The average Bonchev–Trinajstić information content (AvgIpc) is 2.43. The van der Waals surface area contributed by atoms with Crippen LogP contribution in [-0.4, -0.2) is 34.9 Å². The number of nitrogens with zero attached hydrogens (tertiary/aromatic N) is 2. The molecule has 0 bridgehead atoms. The highest BCUT2D eigenvalue weighted by Gasteiger charge is 2.25. The zero-order valence-electron chi connectivity index (χ0n) is 12.0. The van der Waals surface area contributed by atoms with Gasteiger partial charge in [0.2, 0.25) is 5.91 Å². The van der Waals surface area contributed by atoms with Gasteiger partial charge in [0.05, 0.1) is 4.92 Å². The molecular weight excluding hydrogens is 272 g/mol. The molecule has 7 heteroatoms. The Balaban J connectivity index is 2.19. The summed E-state index contributed by atoms with van der Waals surface area (Å²) in [4.78, 5) is 24.0. The monoisotopic (exact) mass is 292 g/mol. The Morgan fingerprint density at radius 3 is 2.81 bits per heavy atom. The van der Waals surface area contributed by atoms with Gasteiger partial charge in [0.15, 0.2) is 0 Å². The molecule has 0 aliphatic carbocycles. The van der Waals surface area contributed by atoms with Crippen LogP contribution in [0.2, 0.25) is 0 Å². The van der Waals surface area contributed by atoms with Crippen molar-refractivity contribution in [1.29, 1.82) is 0 Å². The number of hydrogen-bond donors (Lipinski definition) is 2. The Hall–Kier alpha value is -1.99. The van der Waals surface area contributed by atoms with Crippen molar-refractivity contribution in [2.75, 3.05) is 13.1 Å². The van der Waals surface area contributed by atoms with E-state index < -0.39 is 10.8 Å². The van der Waals surface area contributed by atoms with Gasteiger partial charge in [-0.05, 0) is 24.9 Å². The van der Waals surface area contributed by atoms with E-state index in [0.29, 0.717) is 18.0 Å². The molecule has 114 valence electrons. The summed E-state index contributed by atoms with van der Waals surface area (Å²) in [5.74, 6) is -0.301. The van der Waals surface area contributed by atoms with Gasteiger partial charge in [-0.2, -0.15) is 0 Å². The SMILES string of the molecule is CC1CN(Cc2ccc(C(N)=O)cc2[N+](=O)[O-])CCC1N. The first kappa shape index (κ1) is 15.4. The molecule has 0 aromatic heterocycles. The summed E-state index contributed by atoms with van der Waals surface area (Å²) in [6.07, 6.45) is 0.883. The van der Waals surface area contributed by atoms with Gasteiger partial charge in [-0.1, -0.05) is 13.0 Å². The molecule has 0 spiro atoms. The first-order valence-corrected chi connectivity index (χ1v) is 6.93. The predicted octanol–water partition coefficient (Wildman–Crippen LogP) is 0.863. The van der Waals surface area contributed by atoms with E-state index in [-0.39, 0.29) is 17.3 Å². The van der Waals surface area contributed by atoms with E-state index in [1.54, 1.807) is 6.07 Å². The van der Waals surface area contributed by atoms with E-state index in [2.05, 4.69) is 11.8 Å². The number of benzene rings is 1. The molecule has 0 saturated carbocycles. The smallest absolute Gasteiger partial charge is 0.274 e. The minimum Gasteiger partial charge on any atom is -0.366 e. The molecule has 1 aliphatic heterocycles. The van der Waals surface area contributed by atoms with Crippen molar-refractivity contribution in [1.82, 2.24) is 4.90 Å². The second kappa shape index (κ2) is 6.19. The van der Waals surface area contributed by atoms with E-state index in [9.17, 15) is 14.9 Å². The summed E-state index contributed by atoms with van der Waals surface area (Å²) < 4.78 is 0. The summed E-state index contributed by atoms with van der Waals surface area (Å²) in [6, 6.07) is 4.58. The van der Waals surface area contributed by atoms with Crippen molar-refractivity contribution in [2.24, 2.45) is 17.4 Å². The lowest BCUT2D eigenvalue weighted by molar-refractivity contribution is -0.385. The fraction of sp³-hybridized carbons (Fsp3) is 0.500. The zero-order chi connectivity index (χ0) is 15.6. The number of nitrogens with two attached hydrogens (primary N) is 2. The molecule has 1 amide bonds. The number of primary amides is 1. The molecule has 7 nitrogen and oxygen atoms in total. The van der Waals surface area contributed by atoms with Crippen LogP contribution >= 0.6 is 0 Å². The van der Waals surface area contributed by atoms with Crippen molar-refractivity contribution in [3.63, 3.8) is 0 Å². The summed E-state index contributed by atoms with van der Waals surface area (Å²) in [5.41, 5.74) is 11.8. The molecule has 1 aromatic carbocycles. The number of carbonyl (C=O) groups excluding carboxylic acids is 1. The minimum absolute atomic E-state index is 0.0613. The van der Waals surface area contributed by atoms with E-state index in [1.165, 1.54) is 12.1 Å². The average molecular weight is 292 g/mol. The van der Waals surface area contributed by atoms with E-state index >= 15 is 0 Å². The summed E-state index contributed by atoms with van der Waals surface area (Å²) in [7, 11) is 0. The minimum atomic E-state index is -0.665. The van der Waals surface area contributed by atoms with Gasteiger partial charge in [0.25, 0.3) is 5.69 Å². The highest BCUT2D eigenvalue weighted by molar-refractivity contribution is 5.93. The maximum absolute atomic E-state index is 11.2. The van der Waals surface area contributed by atoms with Gasteiger partial charge in [-0.3, -0.25) is 19.8 Å². The van der Waals surface area contributed by atoms with Crippen molar-refractivity contribution in [2.45, 2.75) is 25.9 Å². The highest BCUT2D eigenvalue weighted by atomic mass is 16.6. The van der Waals surface area contributed by atoms with Gasteiger partial charge in [0.1, 0.15) is 0 Å². The van der Waals surface area contributed by atoms with Crippen LogP contribution < -0.4 is 11.5 Å². The van der Waals surface area contributed by atoms with Gasteiger partial charge in [-0.15, -0.1) is 0 Å². The lowest BCUT2D eigenvalue weighted by Crippen LogP contribution is -2.45. The number of carbonyl (C=O) groups is 1. The van der Waals surface area contributed by atoms with Crippen LogP contribution in [0.3, 0.4) is 0 Å². The van der Waals surface area contributed by atoms with Crippen molar-refractivity contribution in [3.05, 3.63) is 39.4 Å². The third-order valence-electron chi connectivity index (χ3n) is 4.02. The molecule has 21 heavy (non-hydrogen) atoms. The number of likely N-dealkylation sites (tertiary alicyclic amines) is 1. The number of nitro groups is 1. The predicted molar refractivity (Wildman–Crippen MR) is 78.6 cm³/mol. The summed E-state index contributed by atoms with van der Waals surface area (Å²) in [5, 5.41) is 11.2. The van der Waals surface area contributed by atoms with Crippen LogP contribution in [0.5, 0.6) is 0 Å². The molecule has 1 aromatic rings. The van der Waals surface area contributed by atoms with Crippen molar-refractivity contribution in [3.8, 4) is 0 Å². The topological polar surface area (TPSA) is 115 Å². The van der Waals surface area contributed by atoms with Gasteiger partial charge in [0, 0.05) is 36.3 Å². The fourth-order valence-corrected chi connectivity index (χ4v) is 2.66. The molecule has 1 aliphatic rings.